The second-order valence-corrected chi connectivity index (χ2v) is 6.07. The summed E-state index contributed by atoms with van der Waals surface area (Å²) in [5.74, 6) is -0.996. The van der Waals surface area contributed by atoms with E-state index in [2.05, 4.69) is 10.3 Å². The van der Waals surface area contributed by atoms with Crippen molar-refractivity contribution in [1.82, 2.24) is 4.98 Å². The molecule has 0 spiro atoms. The maximum Gasteiger partial charge on any atom is 0.267 e. The van der Waals surface area contributed by atoms with Gasteiger partial charge in [0.15, 0.2) is 0 Å². The molecule has 2 aromatic carbocycles. The lowest BCUT2D eigenvalue weighted by Crippen LogP contribution is -2.23. The summed E-state index contributed by atoms with van der Waals surface area (Å²) in [6.07, 6.45) is 1.67. The highest BCUT2D eigenvalue weighted by Crippen LogP contribution is 2.37. The number of hydrogen-bond acceptors (Lipinski definition) is 4. The Hall–Kier alpha value is -3.98. The Morgan fingerprint density at radius 2 is 1.93 bits per heavy atom. The predicted octanol–water partition coefficient (Wildman–Crippen LogP) is 3.13. The van der Waals surface area contributed by atoms with Gasteiger partial charge >= 0.3 is 0 Å². The summed E-state index contributed by atoms with van der Waals surface area (Å²) < 4.78 is 0. The average Bonchev–Trinajstić information content (AvgIpc) is 2.94. The zero-order valence-electron chi connectivity index (χ0n) is 14.4. The van der Waals surface area contributed by atoms with E-state index in [1.165, 1.54) is 4.90 Å². The minimum absolute atomic E-state index is 0.117. The van der Waals surface area contributed by atoms with Gasteiger partial charge in [-0.3, -0.25) is 14.6 Å². The number of aromatic nitrogens is 1. The Morgan fingerprint density at radius 3 is 2.74 bits per heavy atom. The smallest absolute Gasteiger partial charge is 0.267 e. The van der Waals surface area contributed by atoms with Crippen LogP contribution in [0.5, 0.6) is 0 Å². The maximum absolute atomic E-state index is 12.9. The number of rotatable bonds is 2. The van der Waals surface area contributed by atoms with Crippen LogP contribution < -0.4 is 10.2 Å². The molecule has 0 fully saturated rings. The number of amides is 2. The van der Waals surface area contributed by atoms with Crippen LogP contribution in [0.25, 0.3) is 16.5 Å². The van der Waals surface area contributed by atoms with E-state index >= 15 is 0 Å². The van der Waals surface area contributed by atoms with Crippen LogP contribution in [0, 0.1) is 11.3 Å². The van der Waals surface area contributed by atoms with Gasteiger partial charge in [0.05, 0.1) is 22.5 Å². The molecule has 4 rings (SSSR count). The number of nitriles is 1. The van der Waals surface area contributed by atoms with Crippen molar-refractivity contribution < 1.29 is 9.59 Å². The van der Waals surface area contributed by atoms with Crippen LogP contribution in [-0.4, -0.2) is 23.8 Å². The van der Waals surface area contributed by atoms with E-state index in [0.717, 1.165) is 10.9 Å². The molecular formula is C21H14N4O2. The van der Waals surface area contributed by atoms with Crippen LogP contribution in [0.15, 0.2) is 66.4 Å². The van der Waals surface area contributed by atoms with Crippen LogP contribution in [0.4, 0.5) is 11.4 Å². The van der Waals surface area contributed by atoms with E-state index in [0.29, 0.717) is 16.9 Å². The van der Waals surface area contributed by atoms with Gasteiger partial charge in [-0.1, -0.05) is 24.3 Å². The molecule has 0 saturated carbocycles. The number of carbonyl (C=O) groups excluding carboxylic acids is 2. The monoisotopic (exact) mass is 354 g/mol. The molecule has 1 aliphatic heterocycles. The Bertz CT molecular complexity index is 1170. The molecule has 0 unspecified atom stereocenters. The van der Waals surface area contributed by atoms with Crippen LogP contribution in [0.2, 0.25) is 0 Å². The third-order valence-electron chi connectivity index (χ3n) is 4.54. The molecule has 6 heteroatoms. The highest BCUT2D eigenvalue weighted by molar-refractivity contribution is 6.37. The van der Waals surface area contributed by atoms with Crippen molar-refractivity contribution in [3.8, 4) is 6.07 Å². The van der Waals surface area contributed by atoms with Crippen molar-refractivity contribution in [2.75, 3.05) is 17.3 Å². The van der Waals surface area contributed by atoms with Crippen molar-refractivity contribution >= 4 is 39.7 Å². The fourth-order valence-electron chi connectivity index (χ4n) is 3.23. The Balaban J connectivity index is 1.80. The van der Waals surface area contributed by atoms with Crippen molar-refractivity contribution in [3.63, 3.8) is 0 Å². The number of nitrogens with zero attached hydrogens (tertiary/aromatic N) is 3. The van der Waals surface area contributed by atoms with Gasteiger partial charge in [0.25, 0.3) is 11.8 Å². The van der Waals surface area contributed by atoms with Gasteiger partial charge in [0, 0.05) is 24.2 Å². The largest absolute Gasteiger partial charge is 0.321 e. The molecule has 0 bridgehead atoms. The second kappa shape index (κ2) is 6.39. The van der Waals surface area contributed by atoms with Gasteiger partial charge in [-0.05, 0) is 30.3 Å². The summed E-state index contributed by atoms with van der Waals surface area (Å²) in [4.78, 5) is 31.2. The third kappa shape index (κ3) is 2.62. The molecule has 0 saturated heterocycles. The topological polar surface area (TPSA) is 86.1 Å². The highest BCUT2D eigenvalue weighted by atomic mass is 16.2. The number of carbonyl (C=O) groups is 2. The molecule has 27 heavy (non-hydrogen) atoms. The average molecular weight is 354 g/mol. The van der Waals surface area contributed by atoms with E-state index in [-0.39, 0.29) is 17.1 Å². The minimum atomic E-state index is -0.623. The Kier molecular flexibility index (Phi) is 3.90. The molecule has 1 aliphatic rings. The normalized spacial score (nSPS) is 14.7. The molecule has 6 nitrogen and oxygen atoms in total. The zero-order valence-corrected chi connectivity index (χ0v) is 14.4. The summed E-state index contributed by atoms with van der Waals surface area (Å²) >= 11 is 0. The van der Waals surface area contributed by atoms with Crippen molar-refractivity contribution in [2.45, 2.75) is 0 Å². The number of pyridine rings is 1. The fraction of sp³-hybridized carbons (Fsp3) is 0.0476. The minimum Gasteiger partial charge on any atom is -0.321 e. The number of likely N-dealkylation sites (N-methyl/N-ethyl adjacent to an activating group) is 1. The first-order chi connectivity index (χ1) is 13.1. The van der Waals surface area contributed by atoms with Crippen LogP contribution in [-0.2, 0) is 9.59 Å². The van der Waals surface area contributed by atoms with E-state index in [4.69, 9.17) is 0 Å². The third-order valence-corrected chi connectivity index (χ3v) is 4.54. The zero-order chi connectivity index (χ0) is 19.0. The number of fused-ring (bicyclic) bond motifs is 2. The SMILES string of the molecule is CN1C(=O)C(=C(C#N)C(=O)Nc2cccc3ncccc23)c2ccccc21. The predicted molar refractivity (Wildman–Crippen MR) is 103 cm³/mol. The molecule has 0 aliphatic carbocycles. The quantitative estimate of drug-likeness (QED) is 0.566. The van der Waals surface area contributed by atoms with Gasteiger partial charge in [-0.2, -0.15) is 5.26 Å². The molecule has 2 heterocycles. The number of nitrogens with one attached hydrogen (secondary N) is 1. The van der Waals surface area contributed by atoms with Crippen LogP contribution in [0.3, 0.4) is 0 Å². The summed E-state index contributed by atoms with van der Waals surface area (Å²) in [5.41, 5.74) is 2.42. The number of anilines is 2. The summed E-state index contributed by atoms with van der Waals surface area (Å²) in [6, 6.07) is 17.9. The molecule has 130 valence electrons. The van der Waals surface area contributed by atoms with E-state index in [1.54, 1.807) is 55.7 Å². The van der Waals surface area contributed by atoms with Gasteiger partial charge in [-0.25, -0.2) is 0 Å². The molecule has 1 N–H and O–H groups in total. The first-order valence-corrected chi connectivity index (χ1v) is 8.28. The first kappa shape index (κ1) is 16.5. The van der Waals surface area contributed by atoms with E-state index in [1.807, 2.05) is 18.2 Å². The van der Waals surface area contributed by atoms with Gasteiger partial charge in [0.2, 0.25) is 0 Å². The van der Waals surface area contributed by atoms with Crippen molar-refractivity contribution in [2.24, 2.45) is 0 Å². The standard InChI is InChI=1S/C21H14N4O2/c1-25-18-10-3-2-6-14(18)19(21(25)27)15(12-22)20(26)24-17-9-4-8-16-13(17)7-5-11-23-16/h2-11H,1H3,(H,24,26). The molecular weight excluding hydrogens is 340 g/mol. The van der Waals surface area contributed by atoms with E-state index in [9.17, 15) is 14.9 Å². The van der Waals surface area contributed by atoms with Gasteiger partial charge in [-0.15, -0.1) is 0 Å². The number of benzene rings is 2. The van der Waals surface area contributed by atoms with Crippen molar-refractivity contribution in [1.29, 1.82) is 5.26 Å². The second-order valence-electron chi connectivity index (χ2n) is 6.07. The highest BCUT2D eigenvalue weighted by Gasteiger charge is 2.34. The summed E-state index contributed by atoms with van der Waals surface area (Å²) in [6.45, 7) is 0. The summed E-state index contributed by atoms with van der Waals surface area (Å²) in [5, 5.41) is 13.1. The lowest BCUT2D eigenvalue weighted by molar-refractivity contribution is -0.114. The molecule has 1 aromatic heterocycles. The summed E-state index contributed by atoms with van der Waals surface area (Å²) in [7, 11) is 1.62. The van der Waals surface area contributed by atoms with Gasteiger partial charge in [0.1, 0.15) is 11.6 Å². The number of hydrogen-bond donors (Lipinski definition) is 1. The van der Waals surface area contributed by atoms with Crippen LogP contribution in [0.1, 0.15) is 5.56 Å². The number of para-hydroxylation sites is 1. The molecule has 2 amide bonds. The lowest BCUT2D eigenvalue weighted by atomic mass is 10.0. The first-order valence-electron chi connectivity index (χ1n) is 8.28. The molecule has 0 atom stereocenters. The molecule has 3 aromatic rings. The maximum atomic E-state index is 12.9. The van der Waals surface area contributed by atoms with Crippen LogP contribution >= 0.6 is 0 Å². The van der Waals surface area contributed by atoms with Gasteiger partial charge < -0.3 is 10.2 Å². The Labute approximate surface area is 155 Å². The lowest BCUT2D eigenvalue weighted by Gasteiger charge is -2.09. The van der Waals surface area contributed by atoms with Crippen molar-refractivity contribution in [3.05, 3.63) is 71.9 Å². The molecule has 0 radical (unpaired) electrons. The Morgan fingerprint density at radius 1 is 1.11 bits per heavy atom. The fourth-order valence-corrected chi connectivity index (χ4v) is 3.23. The van der Waals surface area contributed by atoms with E-state index < -0.39 is 5.91 Å².